The molecule has 0 bridgehead atoms. The molecule has 0 spiro atoms. The molecule has 0 aliphatic rings. The number of hydrogen-bond donors (Lipinski definition) is 1. The Morgan fingerprint density at radius 1 is 1.12 bits per heavy atom. The van der Waals surface area contributed by atoms with Gasteiger partial charge in [-0.15, -0.1) is 0 Å². The lowest BCUT2D eigenvalue weighted by Crippen LogP contribution is -2.15. The van der Waals surface area contributed by atoms with E-state index in [0.29, 0.717) is 5.39 Å². The summed E-state index contributed by atoms with van der Waals surface area (Å²) in [6.07, 6.45) is 1.28. The summed E-state index contributed by atoms with van der Waals surface area (Å²) in [5.41, 5.74) is 0.932. The van der Waals surface area contributed by atoms with Crippen LogP contribution in [0.15, 0.2) is 52.1 Å². The molecule has 0 amide bonds. The number of nitrogens with zero attached hydrogens (tertiary/aromatic N) is 3. The number of rotatable bonds is 4. The fourth-order valence-electron chi connectivity index (χ4n) is 2.49. The second-order valence-electron chi connectivity index (χ2n) is 5.46. The molecule has 0 fully saturated rings. The average Bonchev–Trinajstić information content (AvgIpc) is 2.56. The normalized spacial score (nSPS) is 11.5. The van der Waals surface area contributed by atoms with E-state index in [1.807, 2.05) is 37.2 Å². The highest BCUT2D eigenvalue weighted by molar-refractivity contribution is 9.10. The van der Waals surface area contributed by atoms with Gasteiger partial charge >= 0.3 is 0 Å². The van der Waals surface area contributed by atoms with Crippen LogP contribution in [0.25, 0.3) is 10.8 Å². The fraction of sp³-hybridized carbons (Fsp3) is 0.125. The van der Waals surface area contributed by atoms with Gasteiger partial charge in [0, 0.05) is 30.6 Å². The van der Waals surface area contributed by atoms with Gasteiger partial charge in [-0.2, -0.15) is 0 Å². The zero-order chi connectivity index (χ0) is 18.2. The molecule has 1 heterocycles. The number of benzene rings is 2. The second kappa shape index (κ2) is 6.78. The maximum absolute atomic E-state index is 12.9. The predicted octanol–water partition coefficient (Wildman–Crippen LogP) is 3.91. The van der Waals surface area contributed by atoms with E-state index in [0.717, 1.165) is 11.1 Å². The molecule has 0 aliphatic heterocycles. The predicted molar refractivity (Wildman–Crippen MR) is 104 cm³/mol. The average molecular weight is 442 g/mol. The number of hydrogen-bond acceptors (Lipinski definition) is 5. The third kappa shape index (κ3) is 3.56. The zero-order valence-electron chi connectivity index (χ0n) is 13.4. The third-order valence-electron chi connectivity index (χ3n) is 3.56. The van der Waals surface area contributed by atoms with Gasteiger partial charge in [-0.05, 0) is 28.1 Å². The Kier molecular flexibility index (Phi) is 4.86. The van der Waals surface area contributed by atoms with Crippen molar-refractivity contribution < 1.29 is 8.42 Å². The van der Waals surface area contributed by atoms with Gasteiger partial charge < -0.3 is 4.90 Å². The van der Waals surface area contributed by atoms with Crippen LogP contribution in [-0.2, 0) is 10.0 Å². The molecule has 0 aliphatic carbocycles. The van der Waals surface area contributed by atoms with Crippen LogP contribution in [0.5, 0.6) is 0 Å². The summed E-state index contributed by atoms with van der Waals surface area (Å²) in [6, 6.07) is 10.7. The zero-order valence-corrected chi connectivity index (χ0v) is 16.5. The Bertz CT molecular complexity index is 1060. The van der Waals surface area contributed by atoms with Gasteiger partial charge in [0.1, 0.15) is 5.15 Å². The number of fused-ring (bicyclic) bond motifs is 1. The number of nitrogens with one attached hydrogen (secondary N) is 1. The SMILES string of the molecule is CN(C)c1cccc2c(S(=O)(=O)Nc3ncc(Cl)nc3Br)cccc12. The summed E-state index contributed by atoms with van der Waals surface area (Å²) in [4.78, 5) is 10.0. The van der Waals surface area contributed by atoms with Gasteiger partial charge in [-0.25, -0.2) is 18.4 Å². The van der Waals surface area contributed by atoms with Gasteiger partial charge in [-0.1, -0.05) is 35.9 Å². The molecule has 6 nitrogen and oxygen atoms in total. The minimum absolute atomic E-state index is 0.0742. The van der Waals surface area contributed by atoms with Crippen molar-refractivity contribution in [2.24, 2.45) is 0 Å². The molecular formula is C16H14BrClN4O2S. The van der Waals surface area contributed by atoms with E-state index in [4.69, 9.17) is 11.6 Å². The van der Waals surface area contributed by atoms with E-state index in [9.17, 15) is 8.42 Å². The molecule has 0 saturated carbocycles. The molecular weight excluding hydrogens is 428 g/mol. The van der Waals surface area contributed by atoms with Crippen LogP contribution in [0.4, 0.5) is 11.5 Å². The van der Waals surface area contributed by atoms with Gasteiger partial charge in [-0.3, -0.25) is 4.72 Å². The molecule has 0 unspecified atom stereocenters. The van der Waals surface area contributed by atoms with Crippen molar-refractivity contribution in [2.45, 2.75) is 4.90 Å². The van der Waals surface area contributed by atoms with Crippen molar-refractivity contribution in [3.05, 3.63) is 52.4 Å². The maximum Gasteiger partial charge on any atom is 0.263 e. The molecule has 9 heteroatoms. The quantitative estimate of drug-likeness (QED) is 0.664. The Labute approximate surface area is 159 Å². The van der Waals surface area contributed by atoms with Gasteiger partial charge in [0.15, 0.2) is 10.4 Å². The van der Waals surface area contributed by atoms with Gasteiger partial charge in [0.05, 0.1) is 11.1 Å². The topological polar surface area (TPSA) is 75.2 Å². The minimum Gasteiger partial charge on any atom is -0.377 e. The Morgan fingerprint density at radius 2 is 1.80 bits per heavy atom. The van der Waals surface area contributed by atoms with E-state index >= 15 is 0 Å². The highest BCUT2D eigenvalue weighted by Gasteiger charge is 2.20. The monoisotopic (exact) mass is 440 g/mol. The summed E-state index contributed by atoms with van der Waals surface area (Å²) < 4.78 is 28.4. The van der Waals surface area contributed by atoms with Crippen molar-refractivity contribution in [1.82, 2.24) is 9.97 Å². The maximum atomic E-state index is 12.9. The van der Waals surface area contributed by atoms with Crippen LogP contribution in [0.1, 0.15) is 0 Å². The molecule has 130 valence electrons. The van der Waals surface area contributed by atoms with Crippen molar-refractivity contribution >= 4 is 59.8 Å². The summed E-state index contributed by atoms with van der Waals surface area (Å²) in [7, 11) is -0.0392. The summed E-state index contributed by atoms with van der Waals surface area (Å²) >= 11 is 8.91. The van der Waals surface area contributed by atoms with Crippen molar-refractivity contribution in [1.29, 1.82) is 0 Å². The summed E-state index contributed by atoms with van der Waals surface area (Å²) in [6.45, 7) is 0. The number of sulfonamides is 1. The highest BCUT2D eigenvalue weighted by Crippen LogP contribution is 2.31. The van der Waals surface area contributed by atoms with Crippen LogP contribution in [0.2, 0.25) is 5.15 Å². The molecule has 3 aromatic rings. The lowest BCUT2D eigenvalue weighted by atomic mass is 10.1. The first-order chi connectivity index (χ1) is 11.8. The molecule has 2 aromatic carbocycles. The van der Waals surface area contributed by atoms with E-state index in [-0.39, 0.29) is 20.5 Å². The standard InChI is InChI=1S/C16H14BrClN4O2S/c1-22(2)12-7-3-6-11-10(12)5-4-8-13(11)25(23,24)21-16-15(17)20-14(18)9-19-16/h3-9H,1-2H3,(H,19,21). The first kappa shape index (κ1) is 17.9. The third-order valence-corrected chi connectivity index (χ3v) is 5.69. The molecule has 25 heavy (non-hydrogen) atoms. The second-order valence-corrected chi connectivity index (χ2v) is 8.25. The summed E-state index contributed by atoms with van der Waals surface area (Å²) in [5, 5.41) is 1.63. The molecule has 3 rings (SSSR count). The Balaban J connectivity index is 2.13. The van der Waals surface area contributed by atoms with E-state index in [1.165, 1.54) is 6.20 Å². The van der Waals surface area contributed by atoms with E-state index in [1.54, 1.807) is 18.2 Å². The molecule has 0 atom stereocenters. The van der Waals surface area contributed by atoms with Crippen LogP contribution < -0.4 is 9.62 Å². The summed E-state index contributed by atoms with van der Waals surface area (Å²) in [5.74, 6) is 0.0742. The molecule has 0 radical (unpaired) electrons. The van der Waals surface area contributed by atoms with Crippen molar-refractivity contribution in [3.8, 4) is 0 Å². The van der Waals surface area contributed by atoms with Gasteiger partial charge in [0.25, 0.3) is 10.0 Å². The first-order valence-corrected chi connectivity index (χ1v) is 9.85. The van der Waals surface area contributed by atoms with Crippen molar-refractivity contribution in [3.63, 3.8) is 0 Å². The number of halogens is 2. The van der Waals surface area contributed by atoms with Crippen LogP contribution in [-0.4, -0.2) is 32.5 Å². The Hall–Kier alpha value is -1.90. The number of aromatic nitrogens is 2. The van der Waals surface area contributed by atoms with Gasteiger partial charge in [0.2, 0.25) is 0 Å². The highest BCUT2D eigenvalue weighted by atomic mass is 79.9. The van der Waals surface area contributed by atoms with Crippen LogP contribution >= 0.6 is 27.5 Å². The lowest BCUT2D eigenvalue weighted by Gasteiger charge is -2.17. The van der Waals surface area contributed by atoms with E-state index < -0.39 is 10.0 Å². The van der Waals surface area contributed by atoms with Crippen molar-refractivity contribution in [2.75, 3.05) is 23.7 Å². The Morgan fingerprint density at radius 3 is 2.48 bits per heavy atom. The van der Waals surface area contributed by atoms with Crippen LogP contribution in [0, 0.1) is 0 Å². The first-order valence-electron chi connectivity index (χ1n) is 7.19. The van der Waals surface area contributed by atoms with Crippen LogP contribution in [0.3, 0.4) is 0 Å². The fourth-order valence-corrected chi connectivity index (χ4v) is 4.48. The smallest absolute Gasteiger partial charge is 0.263 e. The lowest BCUT2D eigenvalue weighted by molar-refractivity contribution is 0.602. The molecule has 1 aromatic heterocycles. The minimum atomic E-state index is -3.86. The number of anilines is 2. The largest absolute Gasteiger partial charge is 0.377 e. The molecule has 0 saturated heterocycles. The van der Waals surface area contributed by atoms with E-state index in [2.05, 4.69) is 30.6 Å². The molecule has 1 N–H and O–H groups in total.